The van der Waals surface area contributed by atoms with Crippen LogP contribution in [-0.2, 0) is 0 Å². The zero-order chi connectivity index (χ0) is 14.9. The maximum absolute atomic E-state index is 4.67. The van der Waals surface area contributed by atoms with Gasteiger partial charge in [0.05, 0.1) is 0 Å². The first-order valence-electron chi connectivity index (χ1n) is 7.61. The summed E-state index contributed by atoms with van der Waals surface area (Å²) in [4.78, 5) is 11.5. The molecule has 1 N–H and O–H groups in total. The molecule has 2 heterocycles. The number of nitrogens with one attached hydrogen (secondary N) is 1. The van der Waals surface area contributed by atoms with E-state index in [9.17, 15) is 0 Å². The van der Waals surface area contributed by atoms with Crippen LogP contribution in [0.1, 0.15) is 45.0 Å². The summed E-state index contributed by atoms with van der Waals surface area (Å²) in [6, 6.07) is 0. The lowest BCUT2D eigenvalue weighted by molar-refractivity contribution is 0.198. The lowest BCUT2D eigenvalue weighted by Gasteiger charge is -2.39. The first kappa shape index (κ1) is 15.1. The monoisotopic (exact) mass is 276 g/mol. The van der Waals surface area contributed by atoms with E-state index in [1.165, 1.54) is 12.8 Å². The maximum Gasteiger partial charge on any atom is 0.137 e. The quantitative estimate of drug-likeness (QED) is 0.899. The van der Waals surface area contributed by atoms with Crippen LogP contribution in [-0.4, -0.2) is 30.1 Å². The van der Waals surface area contributed by atoms with E-state index in [-0.39, 0.29) is 0 Å². The van der Waals surface area contributed by atoms with Gasteiger partial charge in [0, 0.05) is 25.7 Å². The highest BCUT2D eigenvalue weighted by molar-refractivity contribution is 5.58. The lowest BCUT2D eigenvalue weighted by Crippen LogP contribution is -2.39. The highest BCUT2D eigenvalue weighted by Crippen LogP contribution is 2.36. The average Bonchev–Trinajstić information content (AvgIpc) is 2.40. The third kappa shape index (κ3) is 3.05. The Bertz CT molecular complexity index is 468. The van der Waals surface area contributed by atoms with Gasteiger partial charge in [-0.05, 0) is 38.0 Å². The highest BCUT2D eigenvalue weighted by Gasteiger charge is 2.29. The fourth-order valence-electron chi connectivity index (χ4n) is 3.12. The van der Waals surface area contributed by atoms with Gasteiger partial charge in [0.15, 0.2) is 0 Å². The van der Waals surface area contributed by atoms with Crippen LogP contribution in [0.4, 0.5) is 11.6 Å². The number of aryl methyl sites for hydroxylation is 1. The van der Waals surface area contributed by atoms with Gasteiger partial charge in [-0.3, -0.25) is 0 Å². The SMILES string of the molecule is CNc1nc(C)nc(N2CCC(C(C)(C)C)CC2)c1C. The molecular formula is C16H28N4. The summed E-state index contributed by atoms with van der Waals surface area (Å²) in [6.07, 6.45) is 2.50. The molecule has 0 amide bonds. The summed E-state index contributed by atoms with van der Waals surface area (Å²) in [6.45, 7) is 13.3. The number of anilines is 2. The summed E-state index contributed by atoms with van der Waals surface area (Å²) < 4.78 is 0. The molecule has 20 heavy (non-hydrogen) atoms. The molecule has 0 spiro atoms. The smallest absolute Gasteiger partial charge is 0.137 e. The van der Waals surface area contributed by atoms with Crippen molar-refractivity contribution in [1.29, 1.82) is 0 Å². The second kappa shape index (κ2) is 5.58. The Kier molecular flexibility index (Phi) is 4.21. The molecule has 0 bridgehead atoms. The Balaban J connectivity index is 2.17. The van der Waals surface area contributed by atoms with E-state index < -0.39 is 0 Å². The predicted octanol–water partition coefficient (Wildman–Crippen LogP) is 3.40. The van der Waals surface area contributed by atoms with E-state index in [1.54, 1.807) is 0 Å². The van der Waals surface area contributed by atoms with Gasteiger partial charge < -0.3 is 10.2 Å². The van der Waals surface area contributed by atoms with Crippen molar-refractivity contribution in [3.05, 3.63) is 11.4 Å². The third-order valence-electron chi connectivity index (χ3n) is 4.49. The Hall–Kier alpha value is -1.32. The van der Waals surface area contributed by atoms with E-state index in [2.05, 4.69) is 47.9 Å². The normalized spacial score (nSPS) is 17.4. The minimum absolute atomic E-state index is 0.416. The molecule has 1 aromatic heterocycles. The van der Waals surface area contributed by atoms with Crippen molar-refractivity contribution in [3.8, 4) is 0 Å². The molecular weight excluding hydrogens is 248 g/mol. The Labute approximate surface area is 123 Å². The summed E-state index contributed by atoms with van der Waals surface area (Å²) in [5, 5.41) is 3.17. The summed E-state index contributed by atoms with van der Waals surface area (Å²) >= 11 is 0. The van der Waals surface area contributed by atoms with Gasteiger partial charge in [0.2, 0.25) is 0 Å². The number of rotatable bonds is 2. The zero-order valence-electron chi connectivity index (χ0n) is 13.7. The van der Waals surface area contributed by atoms with Crippen LogP contribution < -0.4 is 10.2 Å². The molecule has 0 aliphatic carbocycles. The molecule has 112 valence electrons. The average molecular weight is 276 g/mol. The Morgan fingerprint density at radius 1 is 1.10 bits per heavy atom. The lowest BCUT2D eigenvalue weighted by atomic mass is 9.75. The van der Waals surface area contributed by atoms with Gasteiger partial charge >= 0.3 is 0 Å². The van der Waals surface area contributed by atoms with Crippen LogP contribution in [0.25, 0.3) is 0 Å². The number of nitrogens with zero attached hydrogens (tertiary/aromatic N) is 3. The minimum atomic E-state index is 0.416. The fourth-order valence-corrected chi connectivity index (χ4v) is 3.12. The van der Waals surface area contributed by atoms with E-state index in [4.69, 9.17) is 0 Å². The van der Waals surface area contributed by atoms with Crippen LogP contribution in [0.3, 0.4) is 0 Å². The summed E-state index contributed by atoms with van der Waals surface area (Å²) in [5.41, 5.74) is 1.58. The third-order valence-corrected chi connectivity index (χ3v) is 4.49. The molecule has 1 saturated heterocycles. The van der Waals surface area contributed by atoms with Crippen molar-refractivity contribution < 1.29 is 0 Å². The summed E-state index contributed by atoms with van der Waals surface area (Å²) in [5.74, 6) is 3.71. The Morgan fingerprint density at radius 2 is 1.70 bits per heavy atom. The number of aromatic nitrogens is 2. The molecule has 0 unspecified atom stereocenters. The fraction of sp³-hybridized carbons (Fsp3) is 0.750. The molecule has 1 aliphatic heterocycles. The van der Waals surface area contributed by atoms with Crippen molar-refractivity contribution in [3.63, 3.8) is 0 Å². The number of piperidine rings is 1. The van der Waals surface area contributed by atoms with Gasteiger partial charge in [0.25, 0.3) is 0 Å². The second-order valence-corrected chi connectivity index (χ2v) is 6.95. The molecule has 0 atom stereocenters. The Morgan fingerprint density at radius 3 is 2.20 bits per heavy atom. The first-order valence-corrected chi connectivity index (χ1v) is 7.61. The standard InChI is InChI=1S/C16H28N4/c1-11-14(17-6)18-12(2)19-15(11)20-9-7-13(8-10-20)16(3,4)5/h13H,7-10H2,1-6H3,(H,17,18,19). The molecule has 1 aromatic rings. The highest BCUT2D eigenvalue weighted by atomic mass is 15.2. The molecule has 2 rings (SSSR count). The zero-order valence-corrected chi connectivity index (χ0v) is 13.7. The van der Waals surface area contributed by atoms with Crippen molar-refractivity contribution in [2.24, 2.45) is 11.3 Å². The maximum atomic E-state index is 4.67. The van der Waals surface area contributed by atoms with Crippen LogP contribution in [0.2, 0.25) is 0 Å². The van der Waals surface area contributed by atoms with Crippen LogP contribution in [0, 0.1) is 25.2 Å². The topological polar surface area (TPSA) is 41.1 Å². The largest absolute Gasteiger partial charge is 0.373 e. The molecule has 1 aliphatic rings. The molecule has 4 nitrogen and oxygen atoms in total. The van der Waals surface area contributed by atoms with Crippen LogP contribution in [0.5, 0.6) is 0 Å². The summed E-state index contributed by atoms with van der Waals surface area (Å²) in [7, 11) is 1.92. The van der Waals surface area contributed by atoms with E-state index >= 15 is 0 Å². The number of hydrogen-bond donors (Lipinski definition) is 1. The molecule has 0 aromatic carbocycles. The van der Waals surface area contributed by atoms with E-state index in [0.29, 0.717) is 5.41 Å². The minimum Gasteiger partial charge on any atom is -0.373 e. The van der Waals surface area contributed by atoms with Gasteiger partial charge in [0.1, 0.15) is 17.5 Å². The number of hydrogen-bond acceptors (Lipinski definition) is 4. The van der Waals surface area contributed by atoms with Gasteiger partial charge in [-0.25, -0.2) is 9.97 Å². The first-order chi connectivity index (χ1) is 9.32. The van der Waals surface area contributed by atoms with Gasteiger partial charge in [-0.15, -0.1) is 0 Å². The second-order valence-electron chi connectivity index (χ2n) is 6.95. The van der Waals surface area contributed by atoms with Gasteiger partial charge in [-0.1, -0.05) is 20.8 Å². The van der Waals surface area contributed by atoms with Crippen molar-refractivity contribution in [2.75, 3.05) is 30.4 Å². The van der Waals surface area contributed by atoms with Crippen molar-refractivity contribution in [1.82, 2.24) is 9.97 Å². The van der Waals surface area contributed by atoms with Crippen molar-refractivity contribution in [2.45, 2.75) is 47.5 Å². The predicted molar refractivity (Wildman–Crippen MR) is 85.4 cm³/mol. The molecule has 1 fully saturated rings. The molecule has 0 radical (unpaired) electrons. The van der Waals surface area contributed by atoms with Crippen molar-refractivity contribution >= 4 is 11.6 Å². The molecule has 4 heteroatoms. The van der Waals surface area contributed by atoms with Gasteiger partial charge in [-0.2, -0.15) is 0 Å². The van der Waals surface area contributed by atoms with Crippen LogP contribution >= 0.6 is 0 Å². The van der Waals surface area contributed by atoms with Crippen LogP contribution in [0.15, 0.2) is 0 Å². The van der Waals surface area contributed by atoms with E-state index in [0.717, 1.165) is 42.0 Å². The van der Waals surface area contributed by atoms with E-state index in [1.807, 2.05) is 14.0 Å². The molecule has 0 saturated carbocycles.